The Balaban J connectivity index is 1.45. The number of nitrogens with zero attached hydrogens (tertiary/aromatic N) is 3. The van der Waals surface area contributed by atoms with Crippen LogP contribution < -0.4 is 10.2 Å². The van der Waals surface area contributed by atoms with Crippen LogP contribution in [-0.4, -0.2) is 47.3 Å². The Morgan fingerprint density at radius 1 is 1.09 bits per heavy atom. The van der Waals surface area contributed by atoms with Crippen LogP contribution in [-0.2, 0) is 16.0 Å². The summed E-state index contributed by atoms with van der Waals surface area (Å²) in [7, 11) is 0. The van der Waals surface area contributed by atoms with Crippen molar-refractivity contribution in [3.8, 4) is 17.0 Å². The van der Waals surface area contributed by atoms with Crippen LogP contribution in [0.15, 0.2) is 48.0 Å². The van der Waals surface area contributed by atoms with Gasteiger partial charge in [0.2, 0.25) is 11.9 Å². The lowest BCUT2D eigenvalue weighted by Gasteiger charge is -2.28. The third-order valence-electron chi connectivity index (χ3n) is 6.07. The molecule has 1 aromatic heterocycles. The summed E-state index contributed by atoms with van der Waals surface area (Å²) in [5.74, 6) is -1.19. The minimum atomic E-state index is -0.819. The number of carbonyl (C=O) groups excluding carboxylic acids is 1. The van der Waals surface area contributed by atoms with E-state index >= 15 is 0 Å². The van der Waals surface area contributed by atoms with Crippen LogP contribution in [0, 0.1) is 11.6 Å². The van der Waals surface area contributed by atoms with Crippen LogP contribution in [0.4, 0.5) is 20.4 Å². The molecule has 0 radical (unpaired) electrons. The number of halogens is 2. The smallest absolute Gasteiger partial charge is 0.228 e. The number of fused-ring (bicyclic) bond motifs is 1. The first-order chi connectivity index (χ1) is 17.0. The fourth-order valence-electron chi connectivity index (χ4n) is 4.33. The third kappa shape index (κ3) is 5.14. The molecule has 1 saturated heterocycles. The lowest BCUT2D eigenvalue weighted by molar-refractivity contribution is -0.115. The SMILES string of the molecule is O=C(CC1=Cc2nc(N3CCOCC3)nc(-c3cccc(O)c3)c2CC1)Nc1ccc(F)cc1F. The Labute approximate surface area is 201 Å². The van der Waals surface area contributed by atoms with Crippen LogP contribution in [0.3, 0.4) is 0 Å². The Kier molecular flexibility index (Phi) is 6.41. The monoisotopic (exact) mass is 478 g/mol. The lowest BCUT2D eigenvalue weighted by Crippen LogP contribution is -2.37. The van der Waals surface area contributed by atoms with E-state index in [0.29, 0.717) is 45.1 Å². The van der Waals surface area contributed by atoms with Crippen LogP contribution in [0.25, 0.3) is 17.3 Å². The van der Waals surface area contributed by atoms with E-state index in [1.807, 2.05) is 12.1 Å². The van der Waals surface area contributed by atoms with Gasteiger partial charge in [-0.2, -0.15) is 0 Å². The Bertz CT molecular complexity index is 1310. The van der Waals surface area contributed by atoms with Gasteiger partial charge in [-0.25, -0.2) is 18.7 Å². The number of amides is 1. The Morgan fingerprint density at radius 2 is 1.91 bits per heavy atom. The second-order valence-corrected chi connectivity index (χ2v) is 8.54. The molecule has 2 heterocycles. The van der Waals surface area contributed by atoms with Crippen molar-refractivity contribution in [2.24, 2.45) is 0 Å². The number of aromatic hydroxyl groups is 1. The Hall–Kier alpha value is -3.85. The number of carbonyl (C=O) groups is 1. The van der Waals surface area contributed by atoms with Gasteiger partial charge >= 0.3 is 0 Å². The van der Waals surface area contributed by atoms with Gasteiger partial charge in [-0.05, 0) is 43.2 Å². The maximum absolute atomic E-state index is 13.9. The van der Waals surface area contributed by atoms with Crippen molar-refractivity contribution in [3.05, 3.63) is 70.9 Å². The molecular formula is C26H24F2N4O3. The third-order valence-corrected chi connectivity index (χ3v) is 6.07. The molecular weight excluding hydrogens is 454 g/mol. The molecule has 35 heavy (non-hydrogen) atoms. The van der Waals surface area contributed by atoms with Crippen molar-refractivity contribution in [3.63, 3.8) is 0 Å². The van der Waals surface area contributed by atoms with Gasteiger partial charge in [0.25, 0.3) is 0 Å². The molecule has 5 rings (SSSR count). The molecule has 0 atom stereocenters. The fourth-order valence-corrected chi connectivity index (χ4v) is 4.33. The molecule has 9 heteroatoms. The lowest BCUT2D eigenvalue weighted by atomic mass is 9.90. The summed E-state index contributed by atoms with van der Waals surface area (Å²) >= 11 is 0. The number of nitrogens with one attached hydrogen (secondary N) is 1. The van der Waals surface area contributed by atoms with E-state index in [1.54, 1.807) is 18.2 Å². The molecule has 2 aromatic carbocycles. The molecule has 0 bridgehead atoms. The predicted molar refractivity (Wildman–Crippen MR) is 128 cm³/mol. The average Bonchev–Trinajstić information content (AvgIpc) is 2.85. The number of hydrogen-bond acceptors (Lipinski definition) is 6. The topological polar surface area (TPSA) is 87.6 Å². The molecule has 1 amide bonds. The highest BCUT2D eigenvalue weighted by Crippen LogP contribution is 2.34. The minimum Gasteiger partial charge on any atom is -0.508 e. The summed E-state index contributed by atoms with van der Waals surface area (Å²) < 4.78 is 32.5. The zero-order chi connectivity index (χ0) is 24.4. The summed E-state index contributed by atoms with van der Waals surface area (Å²) in [6.45, 7) is 2.51. The summed E-state index contributed by atoms with van der Waals surface area (Å²) in [4.78, 5) is 24.3. The van der Waals surface area contributed by atoms with Gasteiger partial charge in [0.15, 0.2) is 0 Å². The number of morpholine rings is 1. The molecule has 0 unspecified atom stereocenters. The maximum atomic E-state index is 13.9. The summed E-state index contributed by atoms with van der Waals surface area (Å²) in [6.07, 6.45) is 3.18. The molecule has 2 aliphatic rings. The number of rotatable bonds is 5. The van der Waals surface area contributed by atoms with Gasteiger partial charge < -0.3 is 20.1 Å². The van der Waals surface area contributed by atoms with Crippen molar-refractivity contribution in [1.82, 2.24) is 9.97 Å². The minimum absolute atomic E-state index is 0.0590. The summed E-state index contributed by atoms with van der Waals surface area (Å²) in [5, 5.41) is 12.5. The fraction of sp³-hybridized carbons (Fsp3) is 0.269. The highest BCUT2D eigenvalue weighted by molar-refractivity contribution is 5.93. The van der Waals surface area contributed by atoms with Gasteiger partial charge in [-0.1, -0.05) is 17.7 Å². The van der Waals surface area contributed by atoms with Crippen molar-refractivity contribution in [2.45, 2.75) is 19.3 Å². The maximum Gasteiger partial charge on any atom is 0.228 e. The van der Waals surface area contributed by atoms with Crippen LogP contribution in [0.5, 0.6) is 5.75 Å². The molecule has 0 saturated carbocycles. The molecule has 1 aliphatic carbocycles. The van der Waals surface area contributed by atoms with Gasteiger partial charge in [-0.3, -0.25) is 4.79 Å². The van der Waals surface area contributed by atoms with E-state index in [2.05, 4.69) is 10.2 Å². The highest BCUT2D eigenvalue weighted by Gasteiger charge is 2.23. The van der Waals surface area contributed by atoms with E-state index in [4.69, 9.17) is 14.7 Å². The first kappa shape index (κ1) is 22.9. The van der Waals surface area contributed by atoms with E-state index in [9.17, 15) is 18.7 Å². The standard InChI is InChI=1S/C26H24F2N4O3/c27-18-5-7-22(21(28)15-18)29-24(34)13-16-4-6-20-23(12-16)30-26(32-8-10-35-11-9-32)31-25(20)17-2-1-3-19(33)14-17/h1-3,5,7,12,14-15,33H,4,6,8-11,13H2,(H,29,34). The van der Waals surface area contributed by atoms with Gasteiger partial charge in [-0.15, -0.1) is 0 Å². The van der Waals surface area contributed by atoms with Crippen molar-refractivity contribution < 1.29 is 23.4 Å². The first-order valence-electron chi connectivity index (χ1n) is 11.4. The number of benzene rings is 2. The quantitative estimate of drug-likeness (QED) is 0.568. The van der Waals surface area contributed by atoms with E-state index in [1.165, 1.54) is 6.07 Å². The predicted octanol–water partition coefficient (Wildman–Crippen LogP) is 4.32. The number of ether oxygens (including phenoxy) is 1. The Morgan fingerprint density at radius 3 is 2.69 bits per heavy atom. The molecule has 2 N–H and O–H groups in total. The van der Waals surface area contributed by atoms with Crippen molar-refractivity contribution in [1.29, 1.82) is 0 Å². The number of hydrogen-bond donors (Lipinski definition) is 2. The number of aromatic nitrogens is 2. The van der Waals surface area contributed by atoms with Crippen molar-refractivity contribution in [2.75, 3.05) is 36.5 Å². The molecule has 3 aromatic rings. The first-order valence-corrected chi connectivity index (χ1v) is 11.4. The van der Waals surface area contributed by atoms with Crippen LogP contribution >= 0.6 is 0 Å². The molecule has 180 valence electrons. The molecule has 1 fully saturated rings. The highest BCUT2D eigenvalue weighted by atomic mass is 19.1. The van der Waals surface area contributed by atoms with Crippen molar-refractivity contribution >= 4 is 23.6 Å². The second kappa shape index (κ2) is 9.79. The molecule has 1 aliphatic heterocycles. The zero-order valence-corrected chi connectivity index (χ0v) is 18.9. The number of anilines is 2. The van der Waals surface area contributed by atoms with E-state index < -0.39 is 11.6 Å². The summed E-state index contributed by atoms with van der Waals surface area (Å²) in [6, 6.07) is 10.00. The van der Waals surface area contributed by atoms with Gasteiger partial charge in [0.05, 0.1) is 30.3 Å². The average molecular weight is 478 g/mol. The molecule has 7 nitrogen and oxygen atoms in total. The summed E-state index contributed by atoms with van der Waals surface area (Å²) in [5.41, 5.74) is 4.01. The van der Waals surface area contributed by atoms with Gasteiger partial charge in [0, 0.05) is 36.7 Å². The number of phenols is 1. The zero-order valence-electron chi connectivity index (χ0n) is 18.9. The number of phenolic OH excluding ortho intramolecular Hbond substituents is 1. The van der Waals surface area contributed by atoms with E-state index in [-0.39, 0.29) is 23.8 Å². The normalized spacial score (nSPS) is 15.4. The second-order valence-electron chi connectivity index (χ2n) is 8.54. The van der Waals surface area contributed by atoms with E-state index in [0.717, 1.165) is 40.2 Å². The van der Waals surface area contributed by atoms with Crippen LogP contribution in [0.2, 0.25) is 0 Å². The van der Waals surface area contributed by atoms with Gasteiger partial charge in [0.1, 0.15) is 17.4 Å². The van der Waals surface area contributed by atoms with Crippen LogP contribution in [0.1, 0.15) is 24.1 Å². The largest absolute Gasteiger partial charge is 0.508 e. The molecule has 0 spiro atoms.